The number of benzene rings is 1. The first-order valence-electron chi connectivity index (χ1n) is 9.62. The first kappa shape index (κ1) is 18.1. The third-order valence-corrected chi connectivity index (χ3v) is 5.36. The maximum Gasteiger partial charge on any atom is 0.119 e. The first-order valence-corrected chi connectivity index (χ1v) is 9.62. The van der Waals surface area contributed by atoms with Crippen LogP contribution in [-0.2, 0) is 0 Å². The van der Waals surface area contributed by atoms with Gasteiger partial charge in [-0.05, 0) is 61.1 Å². The van der Waals surface area contributed by atoms with E-state index in [2.05, 4.69) is 50.8 Å². The van der Waals surface area contributed by atoms with Gasteiger partial charge in [-0.1, -0.05) is 57.7 Å². The van der Waals surface area contributed by atoms with Gasteiger partial charge in [-0.25, -0.2) is 0 Å². The van der Waals surface area contributed by atoms with Crippen molar-refractivity contribution in [3.8, 4) is 5.75 Å². The van der Waals surface area contributed by atoms with E-state index in [0.29, 0.717) is 5.92 Å². The van der Waals surface area contributed by atoms with Crippen LogP contribution in [0.5, 0.6) is 5.75 Å². The van der Waals surface area contributed by atoms with Crippen molar-refractivity contribution in [2.45, 2.75) is 71.1 Å². The molecule has 0 saturated heterocycles. The van der Waals surface area contributed by atoms with Gasteiger partial charge in [-0.3, -0.25) is 0 Å². The second kappa shape index (κ2) is 9.80. The Morgan fingerprint density at radius 2 is 1.78 bits per heavy atom. The largest absolute Gasteiger partial charge is 0.494 e. The topological polar surface area (TPSA) is 9.23 Å². The van der Waals surface area contributed by atoms with Crippen LogP contribution < -0.4 is 4.74 Å². The van der Waals surface area contributed by atoms with E-state index in [0.717, 1.165) is 37.0 Å². The first-order chi connectivity index (χ1) is 11.3. The number of ether oxygens (including phenoxy) is 1. The fourth-order valence-corrected chi connectivity index (χ4v) is 4.10. The predicted octanol–water partition coefficient (Wildman–Crippen LogP) is 6.74. The average molecular weight is 315 g/mol. The molecule has 2 rings (SSSR count). The lowest BCUT2D eigenvalue weighted by atomic mass is 9.71. The fraction of sp³-hybridized carbons (Fsp3) is 0.636. The van der Waals surface area contributed by atoms with Gasteiger partial charge in [0.25, 0.3) is 0 Å². The number of allylic oxidation sites excluding steroid dienone is 1. The van der Waals surface area contributed by atoms with Crippen molar-refractivity contribution in [3.05, 3.63) is 42.5 Å². The van der Waals surface area contributed by atoms with Crippen molar-refractivity contribution in [1.29, 1.82) is 0 Å². The van der Waals surface area contributed by atoms with E-state index in [1.165, 1.54) is 44.1 Å². The van der Waals surface area contributed by atoms with Gasteiger partial charge in [0.2, 0.25) is 0 Å². The van der Waals surface area contributed by atoms with Crippen LogP contribution in [0.1, 0.15) is 76.7 Å². The Balaban J connectivity index is 1.99. The molecule has 0 heterocycles. The minimum Gasteiger partial charge on any atom is -0.494 e. The summed E-state index contributed by atoms with van der Waals surface area (Å²) in [6, 6.07) is 8.84. The summed E-state index contributed by atoms with van der Waals surface area (Å²) in [5.41, 5.74) is 1.47. The maximum atomic E-state index is 5.72. The molecular formula is C22H34O. The van der Waals surface area contributed by atoms with Crippen molar-refractivity contribution < 1.29 is 4.74 Å². The maximum absolute atomic E-state index is 5.72. The Bertz CT molecular complexity index is 440. The summed E-state index contributed by atoms with van der Waals surface area (Å²) in [7, 11) is 0. The average Bonchev–Trinajstić information content (AvgIpc) is 2.60. The van der Waals surface area contributed by atoms with Crippen molar-refractivity contribution >= 4 is 0 Å². The van der Waals surface area contributed by atoms with E-state index >= 15 is 0 Å². The van der Waals surface area contributed by atoms with Crippen molar-refractivity contribution in [2.24, 2.45) is 11.8 Å². The van der Waals surface area contributed by atoms with Crippen LogP contribution in [0.25, 0.3) is 0 Å². The highest BCUT2D eigenvalue weighted by atomic mass is 16.5. The summed E-state index contributed by atoms with van der Waals surface area (Å²) in [4.78, 5) is 0. The van der Waals surface area contributed by atoms with Crippen LogP contribution in [0.4, 0.5) is 0 Å². The minimum absolute atomic E-state index is 0.635. The molecule has 1 atom stereocenters. The molecule has 23 heavy (non-hydrogen) atoms. The zero-order valence-corrected chi connectivity index (χ0v) is 15.1. The van der Waals surface area contributed by atoms with Gasteiger partial charge in [0, 0.05) is 0 Å². The Morgan fingerprint density at radius 1 is 1.09 bits per heavy atom. The van der Waals surface area contributed by atoms with Crippen LogP contribution in [0.3, 0.4) is 0 Å². The highest BCUT2D eigenvalue weighted by Gasteiger charge is 2.27. The Labute approximate surface area is 143 Å². The van der Waals surface area contributed by atoms with Crippen LogP contribution in [-0.4, -0.2) is 6.61 Å². The molecule has 1 nitrogen and oxygen atoms in total. The Kier molecular flexibility index (Phi) is 7.71. The van der Waals surface area contributed by atoms with E-state index in [1.807, 2.05) is 0 Å². The number of rotatable bonds is 9. The lowest BCUT2D eigenvalue weighted by Gasteiger charge is -2.34. The van der Waals surface area contributed by atoms with Crippen molar-refractivity contribution in [2.75, 3.05) is 6.61 Å². The molecule has 1 aromatic rings. The summed E-state index contributed by atoms with van der Waals surface area (Å²) in [5.74, 6) is 3.43. The summed E-state index contributed by atoms with van der Waals surface area (Å²) < 4.78 is 5.72. The summed E-state index contributed by atoms with van der Waals surface area (Å²) in [6.45, 7) is 9.26. The van der Waals surface area contributed by atoms with Crippen LogP contribution in [0.2, 0.25) is 0 Å². The molecule has 0 aliphatic heterocycles. The molecule has 0 radical (unpaired) electrons. The normalized spacial score (nSPS) is 22.5. The zero-order chi connectivity index (χ0) is 16.5. The molecule has 0 spiro atoms. The summed E-state index contributed by atoms with van der Waals surface area (Å²) in [5, 5.41) is 0. The van der Waals surface area contributed by atoms with Crippen molar-refractivity contribution in [1.82, 2.24) is 0 Å². The van der Waals surface area contributed by atoms with E-state index in [1.54, 1.807) is 0 Å². The van der Waals surface area contributed by atoms with Gasteiger partial charge in [0.15, 0.2) is 0 Å². The Hall–Kier alpha value is -1.24. The molecule has 1 aliphatic rings. The van der Waals surface area contributed by atoms with E-state index in [9.17, 15) is 0 Å². The summed E-state index contributed by atoms with van der Waals surface area (Å²) in [6.07, 6.45) is 12.6. The molecule has 1 heteroatoms. The smallest absolute Gasteiger partial charge is 0.119 e. The minimum atomic E-state index is 0.635. The van der Waals surface area contributed by atoms with Crippen LogP contribution in [0, 0.1) is 11.8 Å². The van der Waals surface area contributed by atoms with E-state index < -0.39 is 0 Å². The highest BCUT2D eigenvalue weighted by Crippen LogP contribution is 2.41. The molecule has 0 bridgehead atoms. The fourth-order valence-electron chi connectivity index (χ4n) is 4.10. The lowest BCUT2D eigenvalue weighted by Crippen LogP contribution is -2.20. The SMILES string of the molecule is C=CCC(c1ccc(OCCC)cc1)C1CCC(CCC)CC1. The van der Waals surface area contributed by atoms with Gasteiger partial charge in [-0.2, -0.15) is 0 Å². The van der Waals surface area contributed by atoms with Gasteiger partial charge in [0.1, 0.15) is 5.75 Å². The molecule has 0 aromatic heterocycles. The molecule has 1 fully saturated rings. The van der Waals surface area contributed by atoms with Gasteiger partial charge >= 0.3 is 0 Å². The lowest BCUT2D eigenvalue weighted by molar-refractivity contribution is 0.232. The van der Waals surface area contributed by atoms with Gasteiger partial charge in [-0.15, -0.1) is 6.58 Å². The van der Waals surface area contributed by atoms with E-state index in [-0.39, 0.29) is 0 Å². The quantitative estimate of drug-likeness (QED) is 0.458. The van der Waals surface area contributed by atoms with Crippen LogP contribution in [0.15, 0.2) is 36.9 Å². The second-order valence-corrected chi connectivity index (χ2v) is 7.12. The van der Waals surface area contributed by atoms with Gasteiger partial charge in [0.05, 0.1) is 6.61 Å². The molecule has 1 saturated carbocycles. The molecule has 128 valence electrons. The van der Waals surface area contributed by atoms with Crippen LogP contribution >= 0.6 is 0 Å². The molecule has 1 aromatic carbocycles. The third-order valence-electron chi connectivity index (χ3n) is 5.36. The molecular weight excluding hydrogens is 280 g/mol. The molecule has 1 aliphatic carbocycles. The molecule has 0 amide bonds. The molecule has 1 unspecified atom stereocenters. The summed E-state index contributed by atoms with van der Waals surface area (Å²) >= 11 is 0. The van der Waals surface area contributed by atoms with E-state index in [4.69, 9.17) is 4.74 Å². The van der Waals surface area contributed by atoms with Gasteiger partial charge < -0.3 is 4.74 Å². The number of hydrogen-bond donors (Lipinski definition) is 0. The number of hydrogen-bond acceptors (Lipinski definition) is 1. The standard InChI is InChI=1S/C22H34O/c1-4-7-18-9-11-19(12-10-18)22(8-5-2)20-13-15-21(16-14-20)23-17-6-3/h5,13-16,18-19,22H,2,4,6-12,17H2,1,3H3. The molecule has 0 N–H and O–H groups in total. The van der Waals surface area contributed by atoms with Crippen molar-refractivity contribution in [3.63, 3.8) is 0 Å². The third kappa shape index (κ3) is 5.41. The Morgan fingerprint density at radius 3 is 2.35 bits per heavy atom. The monoisotopic (exact) mass is 314 g/mol. The zero-order valence-electron chi connectivity index (χ0n) is 15.1. The predicted molar refractivity (Wildman–Crippen MR) is 100 cm³/mol. The highest BCUT2D eigenvalue weighted by molar-refractivity contribution is 5.30. The second-order valence-electron chi connectivity index (χ2n) is 7.12.